The van der Waals surface area contributed by atoms with Crippen LogP contribution in [0, 0.1) is 11.3 Å². The van der Waals surface area contributed by atoms with Gasteiger partial charge in [-0.25, -0.2) is 0 Å². The van der Waals surface area contributed by atoms with Crippen molar-refractivity contribution in [2.45, 2.75) is 46.5 Å². The number of rotatable bonds is 4. The zero-order chi connectivity index (χ0) is 11.5. The van der Waals surface area contributed by atoms with Gasteiger partial charge >= 0.3 is 0 Å². The number of Topliss-reactive ketones (excluding diaryl/α,β-unsaturated/α-hetero) is 1. The van der Waals surface area contributed by atoms with Crippen molar-refractivity contribution in [3.8, 4) is 0 Å². The molecule has 0 aromatic heterocycles. The van der Waals surface area contributed by atoms with Gasteiger partial charge in [-0.3, -0.25) is 9.59 Å². The lowest BCUT2D eigenvalue weighted by atomic mass is 9.67. The molecule has 0 aliphatic heterocycles. The maximum Gasteiger partial charge on any atom is 0.195 e. The summed E-state index contributed by atoms with van der Waals surface area (Å²) in [6, 6.07) is 0. The first-order chi connectivity index (χ1) is 6.97. The van der Waals surface area contributed by atoms with Gasteiger partial charge in [0.25, 0.3) is 0 Å². The van der Waals surface area contributed by atoms with E-state index in [1.807, 2.05) is 0 Å². The van der Waals surface area contributed by atoms with Crippen molar-refractivity contribution < 1.29 is 9.59 Å². The van der Waals surface area contributed by atoms with E-state index in [0.717, 1.165) is 12.8 Å². The van der Waals surface area contributed by atoms with Crippen LogP contribution in [0.15, 0.2) is 11.6 Å². The Labute approximate surface area is 91.7 Å². The van der Waals surface area contributed by atoms with Gasteiger partial charge in [-0.2, -0.15) is 0 Å². The Morgan fingerprint density at radius 2 is 2.27 bits per heavy atom. The topological polar surface area (TPSA) is 34.1 Å². The molecule has 0 aromatic carbocycles. The zero-order valence-electron chi connectivity index (χ0n) is 9.88. The van der Waals surface area contributed by atoms with Gasteiger partial charge in [0.05, 0.1) is 0 Å². The van der Waals surface area contributed by atoms with Crippen LogP contribution >= 0.6 is 0 Å². The second-order valence-electron chi connectivity index (χ2n) is 5.15. The van der Waals surface area contributed by atoms with Gasteiger partial charge in [-0.1, -0.05) is 25.5 Å². The third-order valence-corrected chi connectivity index (χ3v) is 3.56. The van der Waals surface area contributed by atoms with Crippen LogP contribution in [0.25, 0.3) is 0 Å². The normalized spacial score (nSPS) is 24.5. The zero-order valence-corrected chi connectivity index (χ0v) is 9.88. The third-order valence-electron chi connectivity index (χ3n) is 3.56. The molecule has 1 rings (SSSR count). The van der Waals surface area contributed by atoms with Crippen LogP contribution in [0.1, 0.15) is 46.5 Å². The van der Waals surface area contributed by atoms with E-state index in [0.29, 0.717) is 18.6 Å². The highest BCUT2D eigenvalue weighted by Gasteiger charge is 2.32. The van der Waals surface area contributed by atoms with Gasteiger partial charge in [0.15, 0.2) is 12.1 Å². The molecule has 2 nitrogen and oxygen atoms in total. The molecule has 1 aliphatic carbocycles. The number of ketones is 1. The highest BCUT2D eigenvalue weighted by Crippen LogP contribution is 2.43. The molecule has 0 aromatic rings. The molecule has 0 radical (unpaired) electrons. The summed E-state index contributed by atoms with van der Waals surface area (Å²) in [6.45, 7) is 6.63. The van der Waals surface area contributed by atoms with E-state index in [1.165, 1.54) is 12.0 Å². The molecular weight excluding hydrogens is 188 g/mol. The second kappa shape index (κ2) is 4.73. The molecule has 0 bridgehead atoms. The summed E-state index contributed by atoms with van der Waals surface area (Å²) in [5, 5.41) is 0. The Morgan fingerprint density at radius 3 is 2.80 bits per heavy atom. The van der Waals surface area contributed by atoms with E-state index in [-0.39, 0.29) is 11.2 Å². The fourth-order valence-corrected chi connectivity index (χ4v) is 2.57. The van der Waals surface area contributed by atoms with Crippen LogP contribution in [0.5, 0.6) is 0 Å². The molecule has 1 unspecified atom stereocenters. The van der Waals surface area contributed by atoms with Crippen molar-refractivity contribution in [3.05, 3.63) is 11.6 Å². The summed E-state index contributed by atoms with van der Waals surface area (Å²) in [4.78, 5) is 21.2. The van der Waals surface area contributed by atoms with Crippen molar-refractivity contribution in [2.24, 2.45) is 11.3 Å². The van der Waals surface area contributed by atoms with E-state index in [4.69, 9.17) is 0 Å². The SMILES string of the molecule is CC1=CCCC(C)(C)C1CCC(=O)C=O. The van der Waals surface area contributed by atoms with E-state index >= 15 is 0 Å². The number of allylic oxidation sites excluding steroid dienone is 2. The lowest BCUT2D eigenvalue weighted by Gasteiger charge is -2.38. The minimum absolute atomic E-state index is 0.266. The first-order valence-corrected chi connectivity index (χ1v) is 5.62. The molecule has 0 amide bonds. The van der Waals surface area contributed by atoms with Crippen molar-refractivity contribution >= 4 is 12.1 Å². The van der Waals surface area contributed by atoms with Crippen LogP contribution < -0.4 is 0 Å². The standard InChI is InChI=1S/C13H20O2/c1-10-5-4-8-13(2,3)12(10)7-6-11(15)9-14/h5,9,12H,4,6-8H2,1-3H3. The maximum atomic E-state index is 11.0. The van der Waals surface area contributed by atoms with Crippen molar-refractivity contribution in [3.63, 3.8) is 0 Å². The van der Waals surface area contributed by atoms with Crippen molar-refractivity contribution in [2.75, 3.05) is 0 Å². The van der Waals surface area contributed by atoms with Gasteiger partial charge in [0.1, 0.15) is 0 Å². The average Bonchev–Trinajstić information content (AvgIpc) is 2.15. The molecular formula is C13H20O2. The second-order valence-corrected chi connectivity index (χ2v) is 5.15. The first-order valence-electron chi connectivity index (χ1n) is 5.62. The third kappa shape index (κ3) is 3.01. The predicted octanol–water partition coefficient (Wildman–Crippen LogP) is 2.92. The highest BCUT2D eigenvalue weighted by atomic mass is 16.2. The largest absolute Gasteiger partial charge is 0.295 e. The van der Waals surface area contributed by atoms with E-state index in [1.54, 1.807) is 0 Å². The van der Waals surface area contributed by atoms with Crippen molar-refractivity contribution in [1.82, 2.24) is 0 Å². The molecule has 2 heteroatoms. The monoisotopic (exact) mass is 208 g/mol. The van der Waals surface area contributed by atoms with E-state index < -0.39 is 0 Å². The van der Waals surface area contributed by atoms with Gasteiger partial charge in [0.2, 0.25) is 0 Å². The average molecular weight is 208 g/mol. The molecule has 0 saturated carbocycles. The Kier molecular flexibility index (Phi) is 3.83. The van der Waals surface area contributed by atoms with Crippen molar-refractivity contribution in [1.29, 1.82) is 0 Å². The summed E-state index contributed by atoms with van der Waals surface area (Å²) in [5.74, 6) is 0.180. The van der Waals surface area contributed by atoms with Crippen LogP contribution in [-0.2, 0) is 9.59 Å². The molecule has 0 fully saturated rings. The Hall–Kier alpha value is -0.920. The van der Waals surface area contributed by atoms with Crippen LogP contribution in [0.4, 0.5) is 0 Å². The molecule has 15 heavy (non-hydrogen) atoms. The molecule has 0 spiro atoms. The lowest BCUT2D eigenvalue weighted by Crippen LogP contribution is -2.28. The number of hydrogen-bond donors (Lipinski definition) is 0. The maximum absolute atomic E-state index is 11.0. The molecule has 1 atom stereocenters. The first kappa shape index (κ1) is 12.2. The van der Waals surface area contributed by atoms with Gasteiger partial charge in [-0.15, -0.1) is 0 Å². The number of carbonyl (C=O) groups is 2. The minimum Gasteiger partial charge on any atom is -0.295 e. The van der Waals surface area contributed by atoms with E-state index in [9.17, 15) is 9.59 Å². The van der Waals surface area contributed by atoms with Crippen LogP contribution in [-0.4, -0.2) is 12.1 Å². The number of carbonyl (C=O) groups excluding carboxylic acids is 2. The highest BCUT2D eigenvalue weighted by molar-refractivity contribution is 6.24. The Bertz CT molecular complexity index is 287. The lowest BCUT2D eigenvalue weighted by molar-refractivity contribution is -0.130. The Morgan fingerprint density at radius 1 is 1.60 bits per heavy atom. The Balaban J connectivity index is 2.64. The van der Waals surface area contributed by atoms with Crippen LogP contribution in [0.2, 0.25) is 0 Å². The number of hydrogen-bond acceptors (Lipinski definition) is 2. The van der Waals surface area contributed by atoms with Gasteiger partial charge in [-0.05, 0) is 37.5 Å². The summed E-state index contributed by atoms with van der Waals surface area (Å²) >= 11 is 0. The molecule has 0 heterocycles. The molecule has 1 aliphatic rings. The van der Waals surface area contributed by atoms with Gasteiger partial charge in [0, 0.05) is 6.42 Å². The summed E-state index contributed by atoms with van der Waals surface area (Å²) in [5.41, 5.74) is 1.65. The summed E-state index contributed by atoms with van der Waals surface area (Å²) in [7, 11) is 0. The molecule has 84 valence electrons. The smallest absolute Gasteiger partial charge is 0.195 e. The minimum atomic E-state index is -0.274. The number of aldehydes is 1. The van der Waals surface area contributed by atoms with Crippen LogP contribution in [0.3, 0.4) is 0 Å². The summed E-state index contributed by atoms with van der Waals surface area (Å²) in [6.07, 6.45) is 6.22. The molecule has 0 saturated heterocycles. The fourth-order valence-electron chi connectivity index (χ4n) is 2.57. The quantitative estimate of drug-likeness (QED) is 0.404. The van der Waals surface area contributed by atoms with Gasteiger partial charge < -0.3 is 0 Å². The summed E-state index contributed by atoms with van der Waals surface area (Å²) < 4.78 is 0. The molecule has 0 N–H and O–H groups in total. The fraction of sp³-hybridized carbons (Fsp3) is 0.692. The predicted molar refractivity (Wildman–Crippen MR) is 60.6 cm³/mol. The van der Waals surface area contributed by atoms with E-state index in [2.05, 4.69) is 26.8 Å².